The van der Waals surface area contributed by atoms with Gasteiger partial charge in [0, 0.05) is 26.6 Å². The average molecular weight is 281 g/mol. The van der Waals surface area contributed by atoms with Gasteiger partial charge in [0.05, 0.1) is 0 Å². The average Bonchev–Trinajstić information content (AvgIpc) is 2.86. The molecule has 0 unspecified atom stereocenters. The van der Waals surface area contributed by atoms with Gasteiger partial charge in [-0.15, -0.1) is 0 Å². The van der Waals surface area contributed by atoms with Crippen molar-refractivity contribution < 1.29 is 4.52 Å². The van der Waals surface area contributed by atoms with Gasteiger partial charge >= 0.3 is 0 Å². The summed E-state index contributed by atoms with van der Waals surface area (Å²) in [5.41, 5.74) is 0. The lowest BCUT2D eigenvalue weighted by atomic mass is 10.2. The lowest BCUT2D eigenvalue weighted by Gasteiger charge is -2.11. The summed E-state index contributed by atoms with van der Waals surface area (Å²) in [6.45, 7) is 5.87. The van der Waals surface area contributed by atoms with Gasteiger partial charge in [0.25, 0.3) is 0 Å². The summed E-state index contributed by atoms with van der Waals surface area (Å²) in [5.74, 6) is 2.26. The van der Waals surface area contributed by atoms with E-state index in [9.17, 15) is 0 Å². The summed E-state index contributed by atoms with van der Waals surface area (Å²) in [6.07, 6.45) is 6.77. The van der Waals surface area contributed by atoms with Gasteiger partial charge < -0.3 is 15.2 Å². The Balaban J connectivity index is 2.06. The molecule has 0 aliphatic heterocycles. The minimum absolute atomic E-state index is 0.692. The van der Waals surface area contributed by atoms with Crippen LogP contribution in [0.2, 0.25) is 0 Å². The highest BCUT2D eigenvalue weighted by Crippen LogP contribution is 1.99. The van der Waals surface area contributed by atoms with Gasteiger partial charge in [-0.25, -0.2) is 0 Å². The molecule has 2 N–H and O–H groups in total. The van der Waals surface area contributed by atoms with Gasteiger partial charge in [-0.2, -0.15) is 4.98 Å². The highest BCUT2D eigenvalue weighted by molar-refractivity contribution is 5.79. The second-order valence-corrected chi connectivity index (χ2v) is 4.83. The van der Waals surface area contributed by atoms with Crippen molar-refractivity contribution in [2.45, 2.75) is 52.4 Å². The van der Waals surface area contributed by atoms with Crippen molar-refractivity contribution >= 4 is 5.96 Å². The molecule has 1 aromatic heterocycles. The molecule has 0 spiro atoms. The van der Waals surface area contributed by atoms with Crippen molar-refractivity contribution in [3.05, 3.63) is 11.7 Å². The number of hydrogen-bond acceptors (Lipinski definition) is 4. The van der Waals surface area contributed by atoms with Crippen LogP contribution >= 0.6 is 0 Å². The van der Waals surface area contributed by atoms with Crippen LogP contribution in [0.1, 0.15) is 50.7 Å². The lowest BCUT2D eigenvalue weighted by Crippen LogP contribution is -2.38. The Morgan fingerprint density at radius 2 is 1.90 bits per heavy atom. The maximum Gasteiger partial charge on any atom is 0.226 e. The number of hydrogen-bond donors (Lipinski definition) is 2. The maximum atomic E-state index is 5.07. The highest BCUT2D eigenvalue weighted by atomic mass is 16.5. The molecule has 0 fully saturated rings. The van der Waals surface area contributed by atoms with Crippen molar-refractivity contribution in [2.75, 3.05) is 20.1 Å². The molecule has 0 radical (unpaired) electrons. The van der Waals surface area contributed by atoms with E-state index in [1.165, 1.54) is 25.7 Å². The molecule has 6 nitrogen and oxygen atoms in total. The molecule has 20 heavy (non-hydrogen) atoms. The Hall–Kier alpha value is -1.59. The van der Waals surface area contributed by atoms with Crippen LogP contribution < -0.4 is 10.6 Å². The van der Waals surface area contributed by atoms with Gasteiger partial charge in [0.1, 0.15) is 0 Å². The highest BCUT2D eigenvalue weighted by Gasteiger charge is 2.02. The molecule has 0 amide bonds. The van der Waals surface area contributed by atoms with E-state index in [-0.39, 0.29) is 0 Å². The normalized spacial score (nSPS) is 11.7. The molecular formula is C14H27N5O. The number of unbranched alkanes of at least 4 members (excludes halogenated alkanes) is 3. The third kappa shape index (κ3) is 7.11. The Labute approximate surface area is 121 Å². The predicted octanol–water partition coefficient (Wildman–Crippen LogP) is 2.06. The van der Waals surface area contributed by atoms with Crippen LogP contribution in [-0.4, -0.2) is 36.2 Å². The molecule has 6 heteroatoms. The smallest absolute Gasteiger partial charge is 0.226 e. The van der Waals surface area contributed by atoms with Gasteiger partial charge in [-0.05, 0) is 19.8 Å². The van der Waals surface area contributed by atoms with Crippen molar-refractivity contribution in [3.63, 3.8) is 0 Å². The fourth-order valence-corrected chi connectivity index (χ4v) is 1.87. The third-order valence-corrected chi connectivity index (χ3v) is 2.98. The van der Waals surface area contributed by atoms with Crippen LogP contribution in [-0.2, 0) is 6.42 Å². The first-order valence-electron chi connectivity index (χ1n) is 7.50. The number of nitrogens with one attached hydrogen (secondary N) is 2. The first-order valence-corrected chi connectivity index (χ1v) is 7.50. The first kappa shape index (κ1) is 16.5. The number of aliphatic imine (C=N–C) groups is 1. The van der Waals surface area contributed by atoms with Crippen LogP contribution in [0.25, 0.3) is 0 Å². The fourth-order valence-electron chi connectivity index (χ4n) is 1.87. The Kier molecular flexibility index (Phi) is 8.42. The van der Waals surface area contributed by atoms with Gasteiger partial charge in [-0.1, -0.05) is 31.3 Å². The number of nitrogens with zero attached hydrogens (tertiary/aromatic N) is 3. The summed E-state index contributed by atoms with van der Waals surface area (Å²) in [4.78, 5) is 8.37. The van der Waals surface area contributed by atoms with Crippen LogP contribution in [0.15, 0.2) is 9.52 Å². The fraction of sp³-hybridized carbons (Fsp3) is 0.786. The first-order chi connectivity index (χ1) is 9.76. The monoisotopic (exact) mass is 281 g/mol. The minimum atomic E-state index is 0.692. The number of guanidine groups is 1. The summed E-state index contributed by atoms with van der Waals surface area (Å²) < 4.78 is 5.07. The van der Waals surface area contributed by atoms with E-state index in [0.29, 0.717) is 11.7 Å². The summed E-state index contributed by atoms with van der Waals surface area (Å²) in [5, 5.41) is 10.4. The van der Waals surface area contributed by atoms with Crippen molar-refractivity contribution in [1.29, 1.82) is 0 Å². The van der Waals surface area contributed by atoms with Crippen LogP contribution in [0, 0.1) is 6.92 Å². The zero-order valence-corrected chi connectivity index (χ0v) is 12.9. The standard InChI is InChI=1S/C14H27N5O/c1-4-5-6-7-10-16-14(15-3)17-11-8-9-13-18-12(2)19-20-13/h4-11H2,1-3H3,(H2,15,16,17). The number of aryl methyl sites for hydroxylation is 2. The number of aromatic nitrogens is 2. The molecular weight excluding hydrogens is 254 g/mol. The molecule has 0 saturated carbocycles. The molecule has 114 valence electrons. The Bertz CT molecular complexity index is 389. The van der Waals surface area contributed by atoms with E-state index in [0.717, 1.165) is 31.9 Å². The van der Waals surface area contributed by atoms with E-state index >= 15 is 0 Å². The van der Waals surface area contributed by atoms with E-state index in [2.05, 4.69) is 32.7 Å². The third-order valence-electron chi connectivity index (χ3n) is 2.98. The van der Waals surface area contributed by atoms with E-state index in [1.807, 2.05) is 6.92 Å². The van der Waals surface area contributed by atoms with Crippen molar-refractivity contribution in [1.82, 2.24) is 20.8 Å². The molecule has 0 saturated heterocycles. The van der Waals surface area contributed by atoms with Crippen LogP contribution in [0.5, 0.6) is 0 Å². The van der Waals surface area contributed by atoms with Gasteiger partial charge in [-0.3, -0.25) is 4.99 Å². The molecule has 0 atom stereocenters. The van der Waals surface area contributed by atoms with E-state index in [4.69, 9.17) is 4.52 Å². The quantitative estimate of drug-likeness (QED) is 0.412. The second-order valence-electron chi connectivity index (χ2n) is 4.83. The second kappa shape index (κ2) is 10.2. The lowest BCUT2D eigenvalue weighted by molar-refractivity contribution is 0.372. The zero-order valence-electron chi connectivity index (χ0n) is 12.9. The van der Waals surface area contributed by atoms with E-state index < -0.39 is 0 Å². The Morgan fingerprint density at radius 3 is 2.50 bits per heavy atom. The molecule has 0 aliphatic carbocycles. The molecule has 0 bridgehead atoms. The van der Waals surface area contributed by atoms with Gasteiger partial charge in [0.15, 0.2) is 11.8 Å². The largest absolute Gasteiger partial charge is 0.356 e. The zero-order chi connectivity index (χ0) is 14.6. The van der Waals surface area contributed by atoms with E-state index in [1.54, 1.807) is 7.05 Å². The minimum Gasteiger partial charge on any atom is -0.356 e. The molecule has 0 aromatic carbocycles. The molecule has 1 heterocycles. The molecule has 1 aromatic rings. The summed E-state index contributed by atoms with van der Waals surface area (Å²) in [6, 6.07) is 0. The predicted molar refractivity (Wildman–Crippen MR) is 80.9 cm³/mol. The van der Waals surface area contributed by atoms with Gasteiger partial charge in [0.2, 0.25) is 5.89 Å². The van der Waals surface area contributed by atoms with Crippen molar-refractivity contribution in [2.24, 2.45) is 4.99 Å². The summed E-state index contributed by atoms with van der Waals surface area (Å²) in [7, 11) is 1.79. The SMILES string of the molecule is CCCCCCNC(=NC)NCCCc1nc(C)no1. The maximum absolute atomic E-state index is 5.07. The topological polar surface area (TPSA) is 75.3 Å². The Morgan fingerprint density at radius 1 is 1.15 bits per heavy atom. The number of rotatable bonds is 9. The molecule has 0 aliphatic rings. The molecule has 1 rings (SSSR count). The van der Waals surface area contributed by atoms with Crippen LogP contribution in [0.3, 0.4) is 0 Å². The van der Waals surface area contributed by atoms with Crippen molar-refractivity contribution in [3.8, 4) is 0 Å². The summed E-state index contributed by atoms with van der Waals surface area (Å²) >= 11 is 0. The van der Waals surface area contributed by atoms with Crippen LogP contribution in [0.4, 0.5) is 0 Å².